The van der Waals surface area contributed by atoms with E-state index in [0.717, 1.165) is 0 Å². The fraction of sp³-hybridized carbons (Fsp3) is 0.536. The van der Waals surface area contributed by atoms with Gasteiger partial charge in [-0.05, 0) is 49.4 Å². The fourth-order valence-electron chi connectivity index (χ4n) is 3.87. The first-order chi connectivity index (χ1) is 21.1. The maximum atomic E-state index is 13.5. The molecule has 0 aromatic heterocycles. The third kappa shape index (κ3) is 15.0. The topological polar surface area (TPSA) is 292 Å². The number of unbranched alkanes of at least 4 members (excludes halogenated alkanes) is 1. The monoisotopic (exact) mass is 637 g/mol. The molecular formula is C28H43N7O10. The average Bonchev–Trinajstić information content (AvgIpc) is 2.97. The second-order valence-electron chi connectivity index (χ2n) is 10.6. The Morgan fingerprint density at radius 1 is 0.733 bits per heavy atom. The van der Waals surface area contributed by atoms with E-state index >= 15 is 0 Å². The first kappa shape index (κ1) is 38.3. The molecule has 1 aromatic rings. The number of carbonyl (C=O) groups is 7. The van der Waals surface area contributed by atoms with Crippen molar-refractivity contribution in [3.63, 3.8) is 0 Å². The number of phenolic OH excluding ortho intramolecular Hbond substituents is 1. The predicted molar refractivity (Wildman–Crippen MR) is 159 cm³/mol. The van der Waals surface area contributed by atoms with Gasteiger partial charge in [0.25, 0.3) is 0 Å². The molecule has 17 nitrogen and oxygen atoms in total. The Bertz CT molecular complexity index is 1190. The number of phenols is 1. The predicted octanol–water partition coefficient (Wildman–Crippen LogP) is -2.71. The smallest absolute Gasteiger partial charge is 0.322 e. The van der Waals surface area contributed by atoms with Gasteiger partial charge in [0.15, 0.2) is 0 Å². The first-order valence-electron chi connectivity index (χ1n) is 14.3. The van der Waals surface area contributed by atoms with Crippen LogP contribution in [0.1, 0.15) is 45.1 Å². The number of carbonyl (C=O) groups excluding carboxylic acids is 5. The molecule has 0 heterocycles. The molecule has 1 aromatic carbocycles. The summed E-state index contributed by atoms with van der Waals surface area (Å²) in [5.74, 6) is -7.23. The van der Waals surface area contributed by atoms with E-state index < -0.39 is 85.2 Å². The van der Waals surface area contributed by atoms with E-state index in [2.05, 4.69) is 21.3 Å². The number of nitrogens with two attached hydrogens (primary N) is 2. The fourth-order valence-corrected chi connectivity index (χ4v) is 3.87. The van der Waals surface area contributed by atoms with E-state index in [1.165, 1.54) is 12.1 Å². The number of amides is 5. The van der Waals surface area contributed by atoms with Crippen LogP contribution in [0.5, 0.6) is 5.75 Å². The molecule has 45 heavy (non-hydrogen) atoms. The van der Waals surface area contributed by atoms with Crippen molar-refractivity contribution in [3.05, 3.63) is 29.8 Å². The van der Waals surface area contributed by atoms with E-state index in [1.807, 2.05) is 5.32 Å². The maximum absolute atomic E-state index is 13.5. The van der Waals surface area contributed by atoms with Crippen LogP contribution in [0.25, 0.3) is 0 Å². The third-order valence-corrected chi connectivity index (χ3v) is 6.48. The van der Waals surface area contributed by atoms with Crippen LogP contribution in [0.3, 0.4) is 0 Å². The Morgan fingerprint density at radius 2 is 1.31 bits per heavy atom. The van der Waals surface area contributed by atoms with E-state index in [4.69, 9.17) is 16.6 Å². The lowest BCUT2D eigenvalue weighted by Crippen LogP contribution is -2.59. The highest BCUT2D eigenvalue weighted by molar-refractivity contribution is 5.96. The molecule has 1 rings (SSSR count). The minimum absolute atomic E-state index is 0.0110. The summed E-state index contributed by atoms with van der Waals surface area (Å²) in [4.78, 5) is 86.0. The summed E-state index contributed by atoms with van der Waals surface area (Å²) >= 11 is 0. The molecule has 5 amide bonds. The van der Waals surface area contributed by atoms with Gasteiger partial charge < -0.3 is 53.4 Å². The van der Waals surface area contributed by atoms with Gasteiger partial charge in [0.1, 0.15) is 30.4 Å². The molecule has 0 saturated heterocycles. The van der Waals surface area contributed by atoms with Gasteiger partial charge in [-0.15, -0.1) is 0 Å². The third-order valence-electron chi connectivity index (χ3n) is 6.48. The van der Waals surface area contributed by atoms with Crippen molar-refractivity contribution in [2.75, 3.05) is 19.6 Å². The van der Waals surface area contributed by atoms with Crippen molar-refractivity contribution < 1.29 is 48.9 Å². The number of carboxylic acids is 2. The highest BCUT2D eigenvalue weighted by Crippen LogP contribution is 2.13. The molecule has 0 saturated carbocycles. The lowest BCUT2D eigenvalue weighted by molar-refractivity contribution is -0.141. The van der Waals surface area contributed by atoms with Crippen molar-refractivity contribution >= 4 is 41.5 Å². The zero-order valence-corrected chi connectivity index (χ0v) is 25.2. The van der Waals surface area contributed by atoms with Crippen LogP contribution in [0.4, 0.5) is 0 Å². The Balaban J connectivity index is 3.16. The van der Waals surface area contributed by atoms with Gasteiger partial charge in [-0.3, -0.25) is 33.6 Å². The van der Waals surface area contributed by atoms with E-state index in [-0.39, 0.29) is 31.1 Å². The Labute approximate surface area is 259 Å². The molecule has 0 aliphatic carbocycles. The number of aliphatic carboxylic acids is 2. The van der Waals surface area contributed by atoms with Crippen LogP contribution >= 0.6 is 0 Å². The van der Waals surface area contributed by atoms with Crippen LogP contribution in [0.15, 0.2) is 24.3 Å². The molecule has 0 aliphatic rings. The number of rotatable bonds is 20. The molecule has 0 spiro atoms. The molecule has 0 fully saturated rings. The molecule has 12 N–H and O–H groups in total. The number of benzene rings is 1. The van der Waals surface area contributed by atoms with Gasteiger partial charge in [0.05, 0.1) is 19.0 Å². The standard InChI is InChI=1S/C28H43N7O10/c1-15(2)24(30)28(45)35-19(11-16-6-8-17(36)9-7-16)27(44)33-18(5-3-4-10-29)26(43)34-20(12-22(38)39)25(42)32-13-21(37)31-14-23(40)41/h6-9,15,18-20,24,36H,3-5,10-14,29-30H2,1-2H3,(H,31,37)(H,32,42)(H,33,44)(H,34,43)(H,35,45)(H,38,39)(H,40,41)/t18-,19-,20-,24-/m0/s1. The molecule has 4 atom stereocenters. The zero-order valence-electron chi connectivity index (χ0n) is 25.2. The van der Waals surface area contributed by atoms with Crippen molar-refractivity contribution in [2.24, 2.45) is 17.4 Å². The van der Waals surface area contributed by atoms with Crippen molar-refractivity contribution in [2.45, 2.75) is 70.1 Å². The van der Waals surface area contributed by atoms with Crippen molar-refractivity contribution in [1.29, 1.82) is 0 Å². The second kappa shape index (κ2) is 19.5. The normalized spacial score (nSPS) is 13.4. The van der Waals surface area contributed by atoms with Crippen LogP contribution < -0.4 is 38.1 Å². The van der Waals surface area contributed by atoms with Gasteiger partial charge in [-0.25, -0.2) is 0 Å². The molecule has 17 heteroatoms. The van der Waals surface area contributed by atoms with E-state index in [9.17, 15) is 43.8 Å². The van der Waals surface area contributed by atoms with E-state index in [0.29, 0.717) is 18.4 Å². The summed E-state index contributed by atoms with van der Waals surface area (Å²) in [5.41, 5.74) is 12.1. The maximum Gasteiger partial charge on any atom is 0.322 e. The van der Waals surface area contributed by atoms with Crippen LogP contribution in [-0.4, -0.2) is 101 Å². The highest BCUT2D eigenvalue weighted by Gasteiger charge is 2.31. The number of nitrogens with one attached hydrogen (secondary N) is 5. The minimum atomic E-state index is -1.66. The molecule has 0 radical (unpaired) electrons. The van der Waals surface area contributed by atoms with Gasteiger partial charge in [-0.2, -0.15) is 0 Å². The molecule has 0 bridgehead atoms. The highest BCUT2D eigenvalue weighted by atomic mass is 16.4. The summed E-state index contributed by atoms with van der Waals surface area (Å²) in [6, 6.07) is 0.804. The summed E-state index contributed by atoms with van der Waals surface area (Å²) in [6.45, 7) is 2.34. The molecular weight excluding hydrogens is 594 g/mol. The number of aromatic hydroxyl groups is 1. The Morgan fingerprint density at radius 3 is 1.87 bits per heavy atom. The Hall–Kier alpha value is -4.77. The second-order valence-corrected chi connectivity index (χ2v) is 10.6. The van der Waals surface area contributed by atoms with Crippen LogP contribution in [-0.2, 0) is 40.0 Å². The first-order valence-corrected chi connectivity index (χ1v) is 14.3. The summed E-state index contributed by atoms with van der Waals surface area (Å²) in [5, 5.41) is 39.1. The SMILES string of the molecule is CC(C)[C@H](N)C(=O)N[C@@H](Cc1ccc(O)cc1)C(=O)N[C@@H](CCCCN)C(=O)N[C@@H](CC(=O)O)C(=O)NCC(=O)NCC(=O)O. The largest absolute Gasteiger partial charge is 0.508 e. The van der Waals surface area contributed by atoms with Crippen LogP contribution in [0, 0.1) is 5.92 Å². The Kier molecular flexibility index (Phi) is 16.6. The quantitative estimate of drug-likeness (QED) is 0.0653. The summed E-state index contributed by atoms with van der Waals surface area (Å²) in [7, 11) is 0. The zero-order chi connectivity index (χ0) is 34.1. The number of carboxylic acid groups (broad SMARTS) is 2. The summed E-state index contributed by atoms with van der Waals surface area (Å²) < 4.78 is 0. The van der Waals surface area contributed by atoms with Crippen molar-refractivity contribution in [3.8, 4) is 5.75 Å². The van der Waals surface area contributed by atoms with Gasteiger partial charge in [-0.1, -0.05) is 26.0 Å². The van der Waals surface area contributed by atoms with E-state index in [1.54, 1.807) is 26.0 Å². The van der Waals surface area contributed by atoms with Gasteiger partial charge >= 0.3 is 11.9 Å². The minimum Gasteiger partial charge on any atom is -0.508 e. The lowest BCUT2D eigenvalue weighted by Gasteiger charge is -2.26. The average molecular weight is 638 g/mol. The molecule has 0 aliphatic heterocycles. The molecule has 250 valence electrons. The van der Waals surface area contributed by atoms with Gasteiger partial charge in [0, 0.05) is 6.42 Å². The lowest BCUT2D eigenvalue weighted by atomic mass is 10.0. The number of hydrogen-bond acceptors (Lipinski definition) is 10. The van der Waals surface area contributed by atoms with Crippen LogP contribution in [0.2, 0.25) is 0 Å². The molecule has 0 unspecified atom stereocenters. The van der Waals surface area contributed by atoms with Crippen molar-refractivity contribution in [1.82, 2.24) is 26.6 Å². The number of hydrogen-bond donors (Lipinski definition) is 10. The summed E-state index contributed by atoms with van der Waals surface area (Å²) in [6.07, 6.45) is -0.0277. The van der Waals surface area contributed by atoms with Gasteiger partial charge in [0.2, 0.25) is 29.5 Å².